The van der Waals surface area contributed by atoms with Crippen LogP contribution in [0.25, 0.3) is 0 Å². The van der Waals surface area contributed by atoms with Gasteiger partial charge in [-0.15, -0.1) is 0 Å². The van der Waals surface area contributed by atoms with Crippen molar-refractivity contribution >= 4 is 5.97 Å². The number of hydrogen-bond donors (Lipinski definition) is 3. The molecule has 0 aromatic carbocycles. The highest BCUT2D eigenvalue weighted by Gasteiger charge is 2.31. The van der Waals surface area contributed by atoms with E-state index in [0.29, 0.717) is 13.1 Å². The monoisotopic (exact) mass is 145 g/mol. The van der Waals surface area contributed by atoms with Crippen molar-refractivity contribution in [1.82, 2.24) is 5.32 Å². The number of hydrogen-bond acceptors (Lipinski definition) is 3. The van der Waals surface area contributed by atoms with Gasteiger partial charge in [-0.25, -0.2) is 0 Å². The Kier molecular flexibility index (Phi) is 2.24. The fraction of sp³-hybridized carbons (Fsp3) is 0.833. The molecule has 10 heavy (non-hydrogen) atoms. The normalized spacial score (nSPS) is 32.5. The van der Waals surface area contributed by atoms with Crippen molar-refractivity contribution in [1.29, 1.82) is 0 Å². The van der Waals surface area contributed by atoms with Gasteiger partial charge in [-0.2, -0.15) is 0 Å². The molecule has 1 saturated heterocycles. The van der Waals surface area contributed by atoms with Crippen LogP contribution >= 0.6 is 0 Å². The number of carboxylic acids is 1. The molecule has 2 unspecified atom stereocenters. The molecule has 1 heterocycles. The average Bonchev–Trinajstić information content (AvgIpc) is 2.33. The molecule has 4 heteroatoms. The molecule has 4 nitrogen and oxygen atoms in total. The van der Waals surface area contributed by atoms with E-state index in [4.69, 9.17) is 10.2 Å². The smallest absolute Gasteiger partial charge is 0.308 e. The standard InChI is InChI=1S/C6H11NO3/c8-3-4-1-7-2-5(4)6(9)10/h4-5,7-8H,1-3H2,(H,9,10). The van der Waals surface area contributed by atoms with Crippen LogP contribution in [0.2, 0.25) is 0 Å². The summed E-state index contributed by atoms with van der Waals surface area (Å²) < 4.78 is 0. The van der Waals surface area contributed by atoms with Gasteiger partial charge in [-0.1, -0.05) is 0 Å². The number of carboxylic acid groups (broad SMARTS) is 1. The maximum Gasteiger partial charge on any atom is 0.308 e. The predicted octanol–water partition coefficient (Wildman–Crippen LogP) is -1.10. The quantitative estimate of drug-likeness (QED) is 0.461. The summed E-state index contributed by atoms with van der Waals surface area (Å²) in [7, 11) is 0. The molecule has 0 spiro atoms. The van der Waals surface area contributed by atoms with Gasteiger partial charge < -0.3 is 15.5 Å². The van der Waals surface area contributed by atoms with Crippen LogP contribution in [-0.4, -0.2) is 35.9 Å². The van der Waals surface area contributed by atoms with Gasteiger partial charge in [0.15, 0.2) is 0 Å². The lowest BCUT2D eigenvalue weighted by molar-refractivity contribution is -0.142. The van der Waals surface area contributed by atoms with Gasteiger partial charge in [0.1, 0.15) is 0 Å². The van der Waals surface area contributed by atoms with E-state index in [1.165, 1.54) is 0 Å². The summed E-state index contributed by atoms with van der Waals surface area (Å²) in [6, 6.07) is 0. The zero-order valence-electron chi connectivity index (χ0n) is 5.58. The fourth-order valence-electron chi connectivity index (χ4n) is 1.21. The summed E-state index contributed by atoms with van der Waals surface area (Å²) in [4.78, 5) is 10.4. The first-order chi connectivity index (χ1) is 4.75. The van der Waals surface area contributed by atoms with Crippen LogP contribution in [0.5, 0.6) is 0 Å². The van der Waals surface area contributed by atoms with E-state index in [0.717, 1.165) is 0 Å². The first-order valence-corrected chi connectivity index (χ1v) is 3.30. The predicted molar refractivity (Wildman–Crippen MR) is 34.6 cm³/mol. The summed E-state index contributed by atoms with van der Waals surface area (Å²) in [6.07, 6.45) is 0. The molecule has 3 N–H and O–H groups in total. The molecular formula is C6H11NO3. The Labute approximate surface area is 58.9 Å². The van der Waals surface area contributed by atoms with Crippen LogP contribution < -0.4 is 5.32 Å². The van der Waals surface area contributed by atoms with E-state index in [9.17, 15) is 4.79 Å². The van der Waals surface area contributed by atoms with E-state index in [1.54, 1.807) is 0 Å². The number of aliphatic hydroxyl groups is 1. The number of aliphatic carboxylic acids is 1. The highest BCUT2D eigenvalue weighted by molar-refractivity contribution is 5.71. The van der Waals surface area contributed by atoms with Crippen molar-refractivity contribution in [2.24, 2.45) is 11.8 Å². The van der Waals surface area contributed by atoms with Crippen molar-refractivity contribution in [3.63, 3.8) is 0 Å². The Bertz CT molecular complexity index is 137. The lowest BCUT2D eigenvalue weighted by atomic mass is 9.97. The molecule has 0 bridgehead atoms. The number of carbonyl (C=O) groups is 1. The minimum absolute atomic E-state index is 0.0377. The lowest BCUT2D eigenvalue weighted by Crippen LogP contribution is -2.24. The SMILES string of the molecule is O=C(O)C1CNCC1CO. The van der Waals surface area contributed by atoms with Gasteiger partial charge in [0.05, 0.1) is 5.92 Å². The fourth-order valence-corrected chi connectivity index (χ4v) is 1.21. The minimum atomic E-state index is -0.816. The average molecular weight is 145 g/mol. The summed E-state index contributed by atoms with van der Waals surface area (Å²) in [5, 5.41) is 20.2. The molecule has 1 rings (SSSR count). The molecule has 0 aromatic heterocycles. The van der Waals surface area contributed by atoms with Crippen LogP contribution in [0.1, 0.15) is 0 Å². The van der Waals surface area contributed by atoms with E-state index < -0.39 is 11.9 Å². The number of rotatable bonds is 2. The molecule has 1 fully saturated rings. The van der Waals surface area contributed by atoms with Gasteiger partial charge in [-0.05, 0) is 0 Å². The molecule has 0 saturated carbocycles. The molecule has 0 aromatic rings. The third kappa shape index (κ3) is 1.27. The highest BCUT2D eigenvalue weighted by atomic mass is 16.4. The van der Waals surface area contributed by atoms with Crippen LogP contribution in [0, 0.1) is 11.8 Å². The second-order valence-corrected chi connectivity index (χ2v) is 2.55. The Morgan fingerprint density at radius 2 is 2.30 bits per heavy atom. The topological polar surface area (TPSA) is 69.6 Å². The van der Waals surface area contributed by atoms with E-state index in [1.807, 2.05) is 0 Å². The van der Waals surface area contributed by atoms with Gasteiger partial charge in [-0.3, -0.25) is 4.79 Å². The van der Waals surface area contributed by atoms with E-state index in [-0.39, 0.29) is 12.5 Å². The van der Waals surface area contributed by atoms with Crippen LogP contribution in [-0.2, 0) is 4.79 Å². The Morgan fingerprint density at radius 3 is 2.70 bits per heavy atom. The molecule has 0 amide bonds. The second kappa shape index (κ2) is 2.98. The minimum Gasteiger partial charge on any atom is -0.481 e. The number of aliphatic hydroxyl groups excluding tert-OH is 1. The van der Waals surface area contributed by atoms with Crippen LogP contribution in [0.15, 0.2) is 0 Å². The third-order valence-corrected chi connectivity index (χ3v) is 1.89. The third-order valence-electron chi connectivity index (χ3n) is 1.89. The van der Waals surface area contributed by atoms with Crippen molar-refractivity contribution < 1.29 is 15.0 Å². The molecule has 0 radical (unpaired) electrons. The van der Waals surface area contributed by atoms with Gasteiger partial charge in [0.25, 0.3) is 0 Å². The molecule has 1 aliphatic rings. The molecular weight excluding hydrogens is 134 g/mol. The number of nitrogens with one attached hydrogen (secondary N) is 1. The molecule has 1 aliphatic heterocycles. The zero-order valence-corrected chi connectivity index (χ0v) is 5.58. The summed E-state index contributed by atoms with van der Waals surface area (Å²) in [5.74, 6) is -1.31. The maximum atomic E-state index is 10.4. The summed E-state index contributed by atoms with van der Waals surface area (Å²) in [5.41, 5.74) is 0. The Morgan fingerprint density at radius 1 is 1.60 bits per heavy atom. The zero-order chi connectivity index (χ0) is 7.56. The maximum absolute atomic E-state index is 10.4. The van der Waals surface area contributed by atoms with Gasteiger partial charge in [0, 0.05) is 25.6 Å². The van der Waals surface area contributed by atoms with Crippen LogP contribution in [0.4, 0.5) is 0 Å². The summed E-state index contributed by atoms with van der Waals surface area (Å²) in [6.45, 7) is 1.07. The summed E-state index contributed by atoms with van der Waals surface area (Å²) >= 11 is 0. The second-order valence-electron chi connectivity index (χ2n) is 2.55. The molecule has 58 valence electrons. The first-order valence-electron chi connectivity index (χ1n) is 3.30. The van der Waals surface area contributed by atoms with Gasteiger partial charge in [0.2, 0.25) is 0 Å². The van der Waals surface area contributed by atoms with E-state index >= 15 is 0 Å². The molecule has 2 atom stereocenters. The Balaban J connectivity index is 2.50. The van der Waals surface area contributed by atoms with E-state index in [2.05, 4.69) is 5.32 Å². The van der Waals surface area contributed by atoms with Crippen molar-refractivity contribution in [3.05, 3.63) is 0 Å². The molecule has 0 aliphatic carbocycles. The van der Waals surface area contributed by atoms with Crippen molar-refractivity contribution in [2.75, 3.05) is 19.7 Å². The highest BCUT2D eigenvalue weighted by Crippen LogP contribution is 2.15. The van der Waals surface area contributed by atoms with Crippen LogP contribution in [0.3, 0.4) is 0 Å². The lowest BCUT2D eigenvalue weighted by Gasteiger charge is -2.09. The first kappa shape index (κ1) is 7.50. The van der Waals surface area contributed by atoms with Gasteiger partial charge >= 0.3 is 5.97 Å². The van der Waals surface area contributed by atoms with Crippen molar-refractivity contribution in [3.8, 4) is 0 Å². The largest absolute Gasteiger partial charge is 0.481 e. The Hall–Kier alpha value is -0.610. The van der Waals surface area contributed by atoms with Crippen molar-refractivity contribution in [2.45, 2.75) is 0 Å².